The lowest BCUT2D eigenvalue weighted by molar-refractivity contribution is -0.131. The minimum atomic E-state index is -1.03. The third-order valence-corrected chi connectivity index (χ3v) is 4.30. The molecule has 0 aromatic carbocycles. The quantitative estimate of drug-likeness (QED) is 0.618. The van der Waals surface area contributed by atoms with Gasteiger partial charge in [-0.2, -0.15) is 5.10 Å². The van der Waals surface area contributed by atoms with Crippen molar-refractivity contribution < 1.29 is 14.6 Å². The summed E-state index contributed by atoms with van der Waals surface area (Å²) in [5, 5.41) is 14.3. The van der Waals surface area contributed by atoms with Crippen molar-refractivity contribution in [1.82, 2.24) is 19.7 Å². The van der Waals surface area contributed by atoms with Crippen LogP contribution in [0.25, 0.3) is 28.2 Å². The monoisotopic (exact) mass is 416 g/mol. The molecule has 0 atom stereocenters. The summed E-state index contributed by atoms with van der Waals surface area (Å²) >= 11 is 3.44. The Morgan fingerprint density at radius 3 is 2.85 bits per heavy atom. The van der Waals surface area contributed by atoms with Gasteiger partial charge >= 0.3 is 5.97 Å². The van der Waals surface area contributed by atoms with Crippen molar-refractivity contribution in [2.24, 2.45) is 0 Å². The third-order valence-electron chi connectivity index (χ3n) is 3.87. The molecule has 3 aromatic heterocycles. The lowest BCUT2D eigenvalue weighted by atomic mass is 9.97. The molecule has 3 rings (SSSR count). The van der Waals surface area contributed by atoms with Crippen LogP contribution in [0, 0.1) is 0 Å². The summed E-state index contributed by atoms with van der Waals surface area (Å²) in [7, 11) is 1.58. The van der Waals surface area contributed by atoms with Gasteiger partial charge in [0.25, 0.3) is 0 Å². The summed E-state index contributed by atoms with van der Waals surface area (Å²) in [5.74, 6) is -1.03. The number of carboxylic acids is 1. The molecule has 7 nitrogen and oxygen atoms in total. The highest BCUT2D eigenvalue weighted by Gasteiger charge is 2.18. The van der Waals surface area contributed by atoms with Crippen LogP contribution >= 0.6 is 15.9 Å². The molecule has 0 saturated carbocycles. The van der Waals surface area contributed by atoms with E-state index in [1.807, 2.05) is 13.0 Å². The lowest BCUT2D eigenvalue weighted by Gasteiger charge is -2.13. The number of aromatic nitrogens is 4. The minimum Gasteiger partial charge on any atom is -0.478 e. The maximum Gasteiger partial charge on any atom is 0.328 e. The molecule has 0 unspecified atom stereocenters. The predicted molar refractivity (Wildman–Crippen MR) is 102 cm³/mol. The summed E-state index contributed by atoms with van der Waals surface area (Å²) in [6.07, 6.45) is 7.82. The maximum atomic E-state index is 11.1. The van der Waals surface area contributed by atoms with Gasteiger partial charge in [0.15, 0.2) is 5.65 Å². The van der Waals surface area contributed by atoms with Crippen LogP contribution in [0.15, 0.2) is 35.2 Å². The van der Waals surface area contributed by atoms with Gasteiger partial charge in [-0.15, -0.1) is 0 Å². The number of carbonyl (C=O) groups is 1. The number of fused-ring (bicyclic) bond motifs is 1. The molecule has 0 spiro atoms. The average molecular weight is 417 g/mol. The Morgan fingerprint density at radius 1 is 1.38 bits per heavy atom. The number of hydrogen-bond acceptors (Lipinski definition) is 5. The van der Waals surface area contributed by atoms with Crippen molar-refractivity contribution in [1.29, 1.82) is 0 Å². The van der Waals surface area contributed by atoms with E-state index in [1.54, 1.807) is 36.5 Å². The van der Waals surface area contributed by atoms with E-state index in [0.29, 0.717) is 17.8 Å². The number of ether oxygens (including phenoxy) is 1. The van der Waals surface area contributed by atoms with Crippen LogP contribution in [0.1, 0.15) is 18.2 Å². The van der Waals surface area contributed by atoms with Crippen molar-refractivity contribution in [3.05, 3.63) is 46.5 Å². The number of hydrogen-bond donors (Lipinski definition) is 1. The molecule has 134 valence electrons. The van der Waals surface area contributed by atoms with Crippen LogP contribution in [0.4, 0.5) is 0 Å². The van der Waals surface area contributed by atoms with Crippen LogP contribution in [0.5, 0.6) is 0 Å². The van der Waals surface area contributed by atoms with Gasteiger partial charge in [-0.3, -0.25) is 4.98 Å². The first-order chi connectivity index (χ1) is 12.5. The van der Waals surface area contributed by atoms with Gasteiger partial charge < -0.3 is 9.84 Å². The molecule has 3 aromatic rings. The van der Waals surface area contributed by atoms with Crippen LogP contribution in [-0.4, -0.2) is 37.9 Å². The molecule has 26 heavy (non-hydrogen) atoms. The summed E-state index contributed by atoms with van der Waals surface area (Å²) < 4.78 is 7.91. The first-order valence-corrected chi connectivity index (χ1v) is 8.73. The van der Waals surface area contributed by atoms with E-state index in [0.717, 1.165) is 32.7 Å². The number of methoxy groups -OCH3 is 1. The molecule has 0 aliphatic rings. The first-order valence-electron chi connectivity index (χ1n) is 7.94. The van der Waals surface area contributed by atoms with E-state index >= 15 is 0 Å². The number of pyridine rings is 2. The second-order valence-electron chi connectivity index (χ2n) is 5.54. The molecule has 1 N–H and O–H groups in total. The van der Waals surface area contributed by atoms with Crippen molar-refractivity contribution in [2.75, 3.05) is 7.11 Å². The Labute approximate surface area is 158 Å². The highest BCUT2D eigenvalue weighted by atomic mass is 79.9. The van der Waals surface area contributed by atoms with E-state index in [1.165, 1.54) is 0 Å². The Morgan fingerprint density at radius 2 is 2.19 bits per heavy atom. The topological polar surface area (TPSA) is 90.1 Å². The molecule has 0 radical (unpaired) electrons. The van der Waals surface area contributed by atoms with Crippen molar-refractivity contribution in [3.8, 4) is 11.1 Å². The highest BCUT2D eigenvalue weighted by molar-refractivity contribution is 9.10. The van der Waals surface area contributed by atoms with Crippen molar-refractivity contribution in [3.63, 3.8) is 0 Å². The van der Waals surface area contributed by atoms with Crippen LogP contribution < -0.4 is 0 Å². The number of aryl methyl sites for hydroxylation is 1. The maximum absolute atomic E-state index is 11.1. The van der Waals surface area contributed by atoms with Crippen LogP contribution in [-0.2, 0) is 22.7 Å². The SMILES string of the molecule is CCn1ncc2c(-c3cncc(Br)c3)c(/C=C/C(=O)O)c(COC)nc21. The molecule has 3 heterocycles. The molecule has 0 aliphatic carbocycles. The molecular weight excluding hydrogens is 400 g/mol. The zero-order chi connectivity index (χ0) is 18.7. The smallest absolute Gasteiger partial charge is 0.328 e. The van der Waals surface area contributed by atoms with Gasteiger partial charge in [-0.25, -0.2) is 14.5 Å². The zero-order valence-corrected chi connectivity index (χ0v) is 15.9. The molecule has 0 aliphatic heterocycles. The Balaban J connectivity index is 2.40. The van der Waals surface area contributed by atoms with Gasteiger partial charge in [-0.05, 0) is 35.0 Å². The van der Waals surface area contributed by atoms with Gasteiger partial charge in [0, 0.05) is 58.7 Å². The minimum absolute atomic E-state index is 0.249. The predicted octanol–water partition coefficient (Wildman–Crippen LogP) is 3.52. The number of rotatable bonds is 6. The summed E-state index contributed by atoms with van der Waals surface area (Å²) in [6.45, 7) is 2.91. The van der Waals surface area contributed by atoms with Crippen molar-refractivity contribution >= 4 is 39.0 Å². The Bertz CT molecular complexity index is 998. The average Bonchev–Trinajstić information content (AvgIpc) is 3.02. The molecular formula is C18H17BrN4O3. The largest absolute Gasteiger partial charge is 0.478 e. The fourth-order valence-electron chi connectivity index (χ4n) is 2.82. The van der Waals surface area contributed by atoms with Gasteiger partial charge in [0.2, 0.25) is 0 Å². The first kappa shape index (κ1) is 18.2. The highest BCUT2D eigenvalue weighted by Crippen LogP contribution is 2.35. The van der Waals surface area contributed by atoms with E-state index in [-0.39, 0.29) is 6.61 Å². The molecule has 0 amide bonds. The van der Waals surface area contributed by atoms with E-state index in [9.17, 15) is 4.79 Å². The third kappa shape index (κ3) is 3.51. The molecule has 0 saturated heterocycles. The number of aliphatic carboxylic acids is 1. The molecule has 0 bridgehead atoms. The van der Waals surface area contributed by atoms with E-state index < -0.39 is 5.97 Å². The van der Waals surface area contributed by atoms with E-state index in [2.05, 4.69) is 31.0 Å². The fraction of sp³-hybridized carbons (Fsp3) is 0.222. The number of nitrogens with zero attached hydrogens (tertiary/aromatic N) is 4. The summed E-state index contributed by atoms with van der Waals surface area (Å²) in [6, 6.07) is 1.93. The van der Waals surface area contributed by atoms with Gasteiger partial charge in [0.1, 0.15) is 0 Å². The molecule has 8 heteroatoms. The second kappa shape index (κ2) is 7.76. The second-order valence-corrected chi connectivity index (χ2v) is 6.46. The number of carboxylic acid groups (broad SMARTS) is 1. The number of halogens is 1. The van der Waals surface area contributed by atoms with Crippen molar-refractivity contribution in [2.45, 2.75) is 20.1 Å². The van der Waals surface area contributed by atoms with Crippen LogP contribution in [0.2, 0.25) is 0 Å². The van der Waals surface area contributed by atoms with Gasteiger partial charge in [0.05, 0.1) is 18.5 Å². The van der Waals surface area contributed by atoms with E-state index in [4.69, 9.17) is 9.84 Å². The standard InChI is InChI=1S/C18H17BrN4O3/c1-3-23-18-14(9-21-23)17(11-6-12(19)8-20-7-11)13(4-5-16(24)25)15(22-18)10-26-2/h4-9H,3,10H2,1-2H3,(H,24,25)/b5-4+. The van der Waals surface area contributed by atoms with Gasteiger partial charge in [-0.1, -0.05) is 0 Å². The molecule has 0 fully saturated rings. The fourth-order valence-corrected chi connectivity index (χ4v) is 3.19. The lowest BCUT2D eigenvalue weighted by Crippen LogP contribution is -2.04. The summed E-state index contributed by atoms with van der Waals surface area (Å²) in [4.78, 5) is 20.0. The summed E-state index contributed by atoms with van der Waals surface area (Å²) in [5.41, 5.74) is 3.71. The Kier molecular flexibility index (Phi) is 5.43. The Hall–Kier alpha value is -2.58. The zero-order valence-electron chi connectivity index (χ0n) is 14.3. The van der Waals surface area contributed by atoms with Crippen LogP contribution in [0.3, 0.4) is 0 Å². The normalized spacial score (nSPS) is 11.5.